The van der Waals surface area contributed by atoms with Gasteiger partial charge in [-0.2, -0.15) is 26.3 Å². The summed E-state index contributed by atoms with van der Waals surface area (Å²) in [6.07, 6.45) is -6.37. The highest BCUT2D eigenvalue weighted by Crippen LogP contribution is 2.29. The fourth-order valence-electron chi connectivity index (χ4n) is 12.3. The summed E-state index contributed by atoms with van der Waals surface area (Å²) in [5, 5.41) is 30.6. The van der Waals surface area contributed by atoms with E-state index in [0.717, 1.165) is 173 Å². The zero-order valence-corrected chi connectivity index (χ0v) is 56.1. The molecule has 4 saturated heterocycles. The number of amides is 2. The average Bonchev–Trinajstić information content (AvgIpc) is 0.834. The number of carboxylic acid groups (broad SMARTS) is 2. The molecule has 4 heterocycles. The Hall–Kier alpha value is -8.20. The van der Waals surface area contributed by atoms with Gasteiger partial charge in [0, 0.05) is 139 Å². The number of nitrogens with one attached hydrogen (secondary N) is 4. The van der Waals surface area contributed by atoms with Crippen molar-refractivity contribution in [2.45, 2.75) is 77.6 Å². The largest absolute Gasteiger partial charge is 0.542 e. The van der Waals surface area contributed by atoms with Crippen LogP contribution in [0.2, 0.25) is 0 Å². The Bertz CT molecular complexity index is 3410. The van der Waals surface area contributed by atoms with Crippen LogP contribution in [0.1, 0.15) is 67.9 Å². The van der Waals surface area contributed by atoms with E-state index in [4.69, 9.17) is 19.8 Å². The van der Waals surface area contributed by atoms with Crippen LogP contribution in [0, 0.1) is 11.6 Å². The van der Waals surface area contributed by atoms with E-state index < -0.39 is 24.3 Å². The van der Waals surface area contributed by atoms with Gasteiger partial charge in [0.1, 0.15) is 23.6 Å². The molecule has 2 amide bonds. The third-order valence-corrected chi connectivity index (χ3v) is 17.8. The molecule has 528 valence electrons. The van der Waals surface area contributed by atoms with Crippen LogP contribution < -0.4 is 31.5 Å². The van der Waals surface area contributed by atoms with Gasteiger partial charge in [0.25, 0.3) is 11.8 Å². The molecule has 2 atom stereocenters. The zero-order valence-electron chi connectivity index (χ0n) is 56.1. The van der Waals surface area contributed by atoms with Gasteiger partial charge in [0.2, 0.25) is 0 Å². The topological polar surface area (TPSA) is 175 Å². The summed E-state index contributed by atoms with van der Waals surface area (Å²) in [7, 11) is 4.58. The van der Waals surface area contributed by atoms with Gasteiger partial charge in [-0.3, -0.25) is 29.2 Å². The smallest absolute Gasteiger partial charge is 0.430 e. The predicted octanol–water partition coefficient (Wildman–Crippen LogP) is 7.93. The number of carbonyl (C=O) groups is 4. The van der Waals surface area contributed by atoms with E-state index in [9.17, 15) is 44.7 Å². The average molecular weight is 1370 g/mol. The maximum absolute atomic E-state index is 15.0. The van der Waals surface area contributed by atoms with Crippen LogP contribution in [-0.2, 0) is 48.9 Å². The minimum Gasteiger partial charge on any atom is -0.542 e. The van der Waals surface area contributed by atoms with Crippen LogP contribution in [0.15, 0.2) is 159 Å². The molecule has 0 radical (unpaired) electrons. The Balaban J connectivity index is 0.000000231. The normalized spacial score (nSPS) is 18.2. The summed E-state index contributed by atoms with van der Waals surface area (Å²) in [6, 6.07) is 43.2. The summed E-state index contributed by atoms with van der Waals surface area (Å²) in [5.41, 5.74) is 10.5. The third-order valence-electron chi connectivity index (χ3n) is 17.8. The van der Waals surface area contributed by atoms with Crippen LogP contribution in [-0.4, -0.2) is 196 Å². The van der Waals surface area contributed by atoms with Gasteiger partial charge in [0.05, 0.1) is 53.4 Å². The number of aliphatic carboxylic acids is 2. The van der Waals surface area contributed by atoms with Crippen molar-refractivity contribution in [2.75, 3.05) is 119 Å². The molecule has 4 fully saturated rings. The number of alkyl halides is 6. The Morgan fingerprint density at radius 2 is 0.816 bits per heavy atom. The fourth-order valence-corrected chi connectivity index (χ4v) is 12.3. The van der Waals surface area contributed by atoms with Crippen LogP contribution in [0.4, 0.5) is 35.1 Å². The number of hydrogen-bond donors (Lipinski definition) is 4. The molecule has 4 aliphatic heterocycles. The van der Waals surface area contributed by atoms with Gasteiger partial charge in [-0.15, -0.1) is 0 Å². The van der Waals surface area contributed by atoms with E-state index in [2.05, 4.69) is 118 Å². The highest BCUT2D eigenvalue weighted by Gasteiger charge is 2.31. The lowest BCUT2D eigenvalue weighted by Gasteiger charge is -2.41. The molecule has 0 unspecified atom stereocenters. The Morgan fingerprint density at radius 3 is 1.14 bits per heavy atom. The number of carbonyl (C=O) groups excluding carboxylic acids is 4. The molecule has 10 rings (SSSR count). The molecule has 16 nitrogen and oxygen atoms in total. The van der Waals surface area contributed by atoms with E-state index in [0.29, 0.717) is 47.4 Å². The molecule has 24 heteroatoms. The van der Waals surface area contributed by atoms with Crippen molar-refractivity contribution in [3.8, 4) is 22.3 Å². The van der Waals surface area contributed by atoms with Crippen LogP contribution >= 0.6 is 0 Å². The fraction of sp³-hybridized carbons (Fsp3) is 0.405. The van der Waals surface area contributed by atoms with Gasteiger partial charge in [-0.05, 0) is 131 Å². The minimum absolute atomic E-state index is 0.121. The molecule has 0 aromatic heterocycles. The van der Waals surface area contributed by atoms with E-state index in [1.54, 1.807) is 12.1 Å². The van der Waals surface area contributed by atoms with Gasteiger partial charge >= 0.3 is 12.4 Å². The first-order chi connectivity index (χ1) is 46.5. The zero-order chi connectivity index (χ0) is 71.2. The highest BCUT2D eigenvalue weighted by atomic mass is 19.4. The first-order valence-corrected chi connectivity index (χ1v) is 32.8. The number of piperazine rings is 4. The second-order valence-corrected chi connectivity index (χ2v) is 26.2. The molecule has 6 aromatic carbocycles. The molecule has 4 N–H and O–H groups in total. The molecule has 0 aliphatic carbocycles. The number of likely N-dealkylation sites (N-methyl/N-ethyl adjacent to an activating group) is 2. The van der Waals surface area contributed by atoms with E-state index >= 15 is 0 Å². The first kappa shape index (κ1) is 77.2. The second kappa shape index (κ2) is 36.0. The number of quaternary nitrogens is 2. The third kappa shape index (κ3) is 24.7. The van der Waals surface area contributed by atoms with Crippen molar-refractivity contribution < 1.29 is 73.5 Å². The number of hydrogen-bond acceptors (Lipinski definition) is 12. The lowest BCUT2D eigenvalue weighted by molar-refractivity contribution is -0.908. The van der Waals surface area contributed by atoms with Gasteiger partial charge in [-0.25, -0.2) is 8.78 Å². The maximum Gasteiger partial charge on any atom is 0.430 e. The standard InChI is InChI=1S/2C35H44FN5O.2C2HF3O2/c2*1-4-17-41(3)18-15-39(16-19-41)25-30-8-6-10-32(21-30)35(42)38-23-28-11-12-34(36)33(22-28)31-9-5-7-29(20-31)26-40-14-13-37-27(2)24-40;2*3-2(4,5)1(6)7/h2*4-12,20-22,27,37H,1,13-19,23-26H2,2-3H3;2*(H,6,7)/t2*27-;;/m00../s1. The SMILES string of the molecule is C=CC[N+]1(C)CCN(Cc2cccc(C(=O)NCc3ccc(F)c(-c4cccc(CN5CCN[C@@H](C)C5)c4)c3)c2)CC1.C=CC[N+]1(C)CCN(Cc2cccc(C(=O)NCc3ccc(F)c(-c4cccc(CN5CCN[C@@H](C)C5)c4)c3)c2)CC1.O=C([O-])C(F)(F)F.O=C([O-])C(F)(F)F. The number of rotatable bonds is 20. The van der Waals surface area contributed by atoms with Crippen molar-refractivity contribution in [1.29, 1.82) is 0 Å². The van der Waals surface area contributed by atoms with E-state index in [-0.39, 0.29) is 23.4 Å². The summed E-state index contributed by atoms with van der Waals surface area (Å²) in [5.74, 6) is -6.77. The highest BCUT2D eigenvalue weighted by molar-refractivity contribution is 5.95. The molecule has 0 bridgehead atoms. The molecular weight excluding hydrogens is 1280 g/mol. The van der Waals surface area contributed by atoms with Gasteiger partial charge in [0.15, 0.2) is 0 Å². The van der Waals surface area contributed by atoms with Crippen molar-refractivity contribution in [3.05, 3.63) is 215 Å². The Labute approximate surface area is 569 Å². The first-order valence-electron chi connectivity index (χ1n) is 32.8. The predicted molar refractivity (Wildman–Crippen MR) is 359 cm³/mol. The molecule has 0 saturated carbocycles. The quantitative estimate of drug-likeness (QED) is 0.0331. The Morgan fingerprint density at radius 1 is 0.490 bits per heavy atom. The van der Waals surface area contributed by atoms with Gasteiger partial charge < -0.3 is 50.0 Å². The summed E-state index contributed by atoms with van der Waals surface area (Å²) < 4.78 is 95.1. The van der Waals surface area contributed by atoms with Crippen LogP contribution in [0.25, 0.3) is 22.3 Å². The summed E-state index contributed by atoms with van der Waals surface area (Å²) in [4.78, 5) is 53.5. The van der Waals surface area contributed by atoms with Crippen molar-refractivity contribution in [3.63, 3.8) is 0 Å². The lowest BCUT2D eigenvalue weighted by atomic mass is 10.00. The molecular formula is C74H90F8N10O6. The molecule has 4 aliphatic rings. The number of halogens is 8. The number of nitrogens with zero attached hydrogens (tertiary/aromatic N) is 6. The van der Waals surface area contributed by atoms with Crippen LogP contribution in [0.5, 0.6) is 0 Å². The summed E-state index contributed by atoms with van der Waals surface area (Å²) >= 11 is 0. The number of benzene rings is 6. The van der Waals surface area contributed by atoms with Gasteiger partial charge in [-0.1, -0.05) is 86.0 Å². The van der Waals surface area contributed by atoms with Crippen LogP contribution in [0.3, 0.4) is 0 Å². The van der Waals surface area contributed by atoms with E-state index in [1.165, 1.54) is 23.3 Å². The number of carboxylic acids is 2. The molecule has 98 heavy (non-hydrogen) atoms. The summed E-state index contributed by atoms with van der Waals surface area (Å²) in [6.45, 7) is 32.8. The monoisotopic (exact) mass is 1370 g/mol. The maximum atomic E-state index is 15.0. The minimum atomic E-state index is -5.19. The van der Waals surface area contributed by atoms with Crippen molar-refractivity contribution >= 4 is 23.8 Å². The molecule has 6 aromatic rings. The second-order valence-electron chi connectivity index (χ2n) is 26.2. The lowest BCUT2D eigenvalue weighted by Crippen LogP contribution is -2.56. The Kier molecular flexibility index (Phi) is 28.4. The molecule has 0 spiro atoms. The van der Waals surface area contributed by atoms with E-state index in [1.807, 2.05) is 84.9 Å². The van der Waals surface area contributed by atoms with Crippen molar-refractivity contribution in [1.82, 2.24) is 40.9 Å². The van der Waals surface area contributed by atoms with Crippen molar-refractivity contribution in [2.24, 2.45) is 0 Å².